The number of nitrogens with one attached hydrogen (secondary N) is 1. The van der Waals surface area contributed by atoms with Crippen LogP contribution in [0.1, 0.15) is 21.6 Å². The van der Waals surface area contributed by atoms with Gasteiger partial charge in [0.05, 0.1) is 24.0 Å². The second-order valence-electron chi connectivity index (χ2n) is 7.20. The quantitative estimate of drug-likeness (QED) is 0.299. The maximum Gasteiger partial charge on any atom is 0.271 e. The van der Waals surface area contributed by atoms with Crippen molar-refractivity contribution in [3.8, 4) is 22.7 Å². The van der Waals surface area contributed by atoms with Gasteiger partial charge in [-0.15, -0.1) is 0 Å². The minimum Gasteiger partial charge on any atom is -0.495 e. The van der Waals surface area contributed by atoms with Crippen LogP contribution in [0.4, 0.5) is 0 Å². The Kier molecular flexibility index (Phi) is 6.38. The molecule has 0 fully saturated rings. The Morgan fingerprint density at radius 2 is 1.75 bits per heavy atom. The summed E-state index contributed by atoms with van der Waals surface area (Å²) >= 11 is 6.11. The number of ether oxygens (including phenoxy) is 1. The van der Waals surface area contributed by atoms with Gasteiger partial charge in [-0.05, 0) is 72.6 Å². The smallest absolute Gasteiger partial charge is 0.271 e. The number of hydrazone groups is 1. The van der Waals surface area contributed by atoms with Gasteiger partial charge < -0.3 is 9.30 Å². The van der Waals surface area contributed by atoms with Crippen molar-refractivity contribution in [3.05, 3.63) is 107 Å². The molecular formula is C26H22ClN3O2. The van der Waals surface area contributed by atoms with Crippen molar-refractivity contribution < 1.29 is 9.53 Å². The van der Waals surface area contributed by atoms with Crippen molar-refractivity contribution in [1.82, 2.24) is 9.99 Å². The third-order valence-corrected chi connectivity index (χ3v) is 5.38. The molecule has 5 nitrogen and oxygen atoms in total. The number of hydrogen-bond donors (Lipinski definition) is 1. The zero-order valence-electron chi connectivity index (χ0n) is 17.7. The molecule has 0 aliphatic rings. The molecule has 160 valence electrons. The van der Waals surface area contributed by atoms with E-state index in [2.05, 4.69) is 46.3 Å². The minimum absolute atomic E-state index is 0.292. The van der Waals surface area contributed by atoms with Gasteiger partial charge in [-0.25, -0.2) is 5.43 Å². The molecule has 6 heteroatoms. The Morgan fingerprint density at radius 1 is 1.00 bits per heavy atom. The van der Waals surface area contributed by atoms with Crippen molar-refractivity contribution >= 4 is 23.7 Å². The Morgan fingerprint density at radius 3 is 2.44 bits per heavy atom. The minimum atomic E-state index is -0.292. The fourth-order valence-electron chi connectivity index (χ4n) is 3.47. The van der Waals surface area contributed by atoms with E-state index >= 15 is 0 Å². The first-order valence-corrected chi connectivity index (χ1v) is 10.5. The third kappa shape index (κ3) is 4.58. The molecule has 0 radical (unpaired) electrons. The predicted octanol–water partition coefficient (Wildman–Crippen LogP) is 5.88. The topological polar surface area (TPSA) is 55.6 Å². The van der Waals surface area contributed by atoms with Gasteiger partial charge in [0, 0.05) is 16.9 Å². The van der Waals surface area contributed by atoms with Crippen molar-refractivity contribution in [2.75, 3.05) is 7.11 Å². The highest BCUT2D eigenvalue weighted by Gasteiger charge is 2.11. The molecule has 3 aromatic carbocycles. The average molecular weight is 444 g/mol. The van der Waals surface area contributed by atoms with Crippen LogP contribution in [-0.4, -0.2) is 23.8 Å². The second kappa shape index (κ2) is 9.54. The number of nitrogens with zero attached hydrogens (tertiary/aromatic N) is 2. The number of amides is 1. The summed E-state index contributed by atoms with van der Waals surface area (Å²) in [4.78, 5) is 12.5. The zero-order valence-corrected chi connectivity index (χ0v) is 18.5. The Labute approximate surface area is 191 Å². The van der Waals surface area contributed by atoms with Crippen molar-refractivity contribution in [3.63, 3.8) is 0 Å². The van der Waals surface area contributed by atoms with E-state index in [-0.39, 0.29) is 5.91 Å². The van der Waals surface area contributed by atoms with Gasteiger partial charge in [0.15, 0.2) is 0 Å². The standard InChI is InChI=1S/C26H22ClN3O2/c1-18-8-14-24(20-6-4-3-5-7-20)30(18)22-12-10-21(11-13-22)26(31)29-28-17-19-9-15-25(32-2)23(27)16-19/h3-17H,1-2H3,(H,29,31)/b28-17+. The maximum atomic E-state index is 12.5. The Hall–Kier alpha value is -3.83. The van der Waals surface area contributed by atoms with E-state index in [1.807, 2.05) is 30.3 Å². The van der Waals surface area contributed by atoms with Crippen LogP contribution < -0.4 is 10.2 Å². The van der Waals surface area contributed by atoms with Crippen LogP contribution in [0.2, 0.25) is 5.02 Å². The van der Waals surface area contributed by atoms with Gasteiger partial charge in [-0.2, -0.15) is 5.10 Å². The highest BCUT2D eigenvalue weighted by Crippen LogP contribution is 2.26. The molecule has 4 aromatic rings. The predicted molar refractivity (Wildman–Crippen MR) is 129 cm³/mol. The number of rotatable bonds is 6. The first kappa shape index (κ1) is 21.4. The van der Waals surface area contributed by atoms with Crippen LogP contribution in [0.25, 0.3) is 16.9 Å². The maximum absolute atomic E-state index is 12.5. The van der Waals surface area contributed by atoms with Crippen LogP contribution in [-0.2, 0) is 0 Å². The van der Waals surface area contributed by atoms with Gasteiger partial charge >= 0.3 is 0 Å². The molecule has 32 heavy (non-hydrogen) atoms. The highest BCUT2D eigenvalue weighted by atomic mass is 35.5. The zero-order chi connectivity index (χ0) is 22.5. The number of methoxy groups -OCH3 is 1. The molecular weight excluding hydrogens is 422 g/mol. The van der Waals surface area contributed by atoms with Crippen LogP contribution >= 0.6 is 11.6 Å². The molecule has 0 spiro atoms. The van der Waals surface area contributed by atoms with Crippen molar-refractivity contribution in [2.24, 2.45) is 5.10 Å². The molecule has 0 atom stereocenters. The molecule has 1 N–H and O–H groups in total. The van der Waals surface area contributed by atoms with E-state index in [1.165, 1.54) is 6.21 Å². The molecule has 1 aromatic heterocycles. The first-order valence-electron chi connectivity index (χ1n) is 10.1. The van der Waals surface area contributed by atoms with Gasteiger partial charge in [-0.1, -0.05) is 41.9 Å². The molecule has 0 bridgehead atoms. The van der Waals surface area contributed by atoms with E-state index < -0.39 is 0 Å². The fraction of sp³-hybridized carbons (Fsp3) is 0.0769. The number of hydrogen-bond acceptors (Lipinski definition) is 3. The number of carbonyl (C=O) groups excluding carboxylic acids is 1. The monoisotopic (exact) mass is 443 g/mol. The molecule has 0 saturated carbocycles. The van der Waals surface area contributed by atoms with Crippen LogP contribution in [0.15, 0.2) is 90.0 Å². The number of aryl methyl sites for hydroxylation is 1. The van der Waals surface area contributed by atoms with Crippen LogP contribution in [0, 0.1) is 6.92 Å². The SMILES string of the molecule is COc1ccc(/C=N/NC(=O)c2ccc(-n3c(C)ccc3-c3ccccc3)cc2)cc1Cl. The second-order valence-corrected chi connectivity index (χ2v) is 7.61. The van der Waals surface area contributed by atoms with E-state index in [9.17, 15) is 4.79 Å². The number of benzene rings is 3. The molecule has 0 saturated heterocycles. The lowest BCUT2D eigenvalue weighted by Crippen LogP contribution is -2.17. The van der Waals surface area contributed by atoms with Gasteiger partial charge in [-0.3, -0.25) is 4.79 Å². The molecule has 1 amide bonds. The summed E-state index contributed by atoms with van der Waals surface area (Å²) in [5.74, 6) is 0.293. The molecule has 0 unspecified atom stereocenters. The Bertz CT molecular complexity index is 1260. The van der Waals surface area contributed by atoms with Crippen LogP contribution in [0.3, 0.4) is 0 Å². The summed E-state index contributed by atoms with van der Waals surface area (Å²) in [7, 11) is 1.56. The lowest BCUT2D eigenvalue weighted by molar-refractivity contribution is 0.0955. The number of carbonyl (C=O) groups is 1. The normalized spacial score (nSPS) is 11.0. The summed E-state index contributed by atoms with van der Waals surface area (Å²) in [6, 6.07) is 27.1. The molecule has 4 rings (SSSR count). The summed E-state index contributed by atoms with van der Waals surface area (Å²) in [5.41, 5.74) is 8.15. The molecule has 1 heterocycles. The number of halogens is 1. The highest BCUT2D eigenvalue weighted by molar-refractivity contribution is 6.32. The lowest BCUT2D eigenvalue weighted by atomic mass is 10.1. The van der Waals surface area contributed by atoms with Crippen LogP contribution in [0.5, 0.6) is 5.75 Å². The first-order chi connectivity index (χ1) is 15.6. The van der Waals surface area contributed by atoms with Crippen molar-refractivity contribution in [2.45, 2.75) is 6.92 Å². The van der Waals surface area contributed by atoms with Gasteiger partial charge in [0.25, 0.3) is 5.91 Å². The van der Waals surface area contributed by atoms with Gasteiger partial charge in [0.1, 0.15) is 5.75 Å². The van der Waals surface area contributed by atoms with Gasteiger partial charge in [0.2, 0.25) is 0 Å². The fourth-order valence-corrected chi connectivity index (χ4v) is 3.74. The van der Waals surface area contributed by atoms with E-state index in [1.54, 1.807) is 37.4 Å². The summed E-state index contributed by atoms with van der Waals surface area (Å²) in [6.07, 6.45) is 1.53. The third-order valence-electron chi connectivity index (χ3n) is 5.09. The number of aromatic nitrogens is 1. The van der Waals surface area contributed by atoms with Crippen molar-refractivity contribution in [1.29, 1.82) is 0 Å². The average Bonchev–Trinajstić information content (AvgIpc) is 3.21. The molecule has 0 aliphatic heterocycles. The summed E-state index contributed by atoms with van der Waals surface area (Å²) in [6.45, 7) is 2.06. The van der Waals surface area contributed by atoms with E-state index in [4.69, 9.17) is 16.3 Å². The summed E-state index contributed by atoms with van der Waals surface area (Å²) < 4.78 is 7.30. The van der Waals surface area contributed by atoms with E-state index in [0.717, 1.165) is 28.2 Å². The molecule has 0 aliphatic carbocycles. The Balaban J connectivity index is 1.48. The summed E-state index contributed by atoms with van der Waals surface area (Å²) in [5, 5.41) is 4.51. The van der Waals surface area contributed by atoms with E-state index in [0.29, 0.717) is 16.3 Å². The lowest BCUT2D eigenvalue weighted by Gasteiger charge is -2.12. The largest absolute Gasteiger partial charge is 0.495 e.